The van der Waals surface area contributed by atoms with Gasteiger partial charge in [0, 0.05) is 25.0 Å². The zero-order valence-corrected chi connectivity index (χ0v) is 11.9. The van der Waals surface area contributed by atoms with Crippen LogP contribution in [0.3, 0.4) is 0 Å². The molecule has 3 unspecified atom stereocenters. The summed E-state index contributed by atoms with van der Waals surface area (Å²) in [6.45, 7) is 2.22. The largest absolute Gasteiger partial charge is 0.343 e. The molecule has 2 rings (SSSR count). The average Bonchev–Trinajstić information content (AvgIpc) is 2.37. The van der Waals surface area contributed by atoms with Crippen molar-refractivity contribution >= 4 is 5.91 Å². The van der Waals surface area contributed by atoms with E-state index in [1.807, 2.05) is 11.9 Å². The minimum Gasteiger partial charge on any atom is -0.343 e. The van der Waals surface area contributed by atoms with E-state index in [2.05, 4.69) is 6.92 Å². The van der Waals surface area contributed by atoms with Crippen LogP contribution in [-0.2, 0) is 4.79 Å². The molecular formula is C15H28N2O. The third-order valence-corrected chi connectivity index (χ3v) is 4.80. The van der Waals surface area contributed by atoms with Crippen LogP contribution in [0.2, 0.25) is 0 Å². The van der Waals surface area contributed by atoms with E-state index in [0.717, 1.165) is 19.3 Å². The minimum absolute atomic E-state index is 0.177. The van der Waals surface area contributed by atoms with E-state index in [9.17, 15) is 4.79 Å². The van der Waals surface area contributed by atoms with Gasteiger partial charge in [-0.15, -0.1) is 0 Å². The molecule has 3 atom stereocenters. The van der Waals surface area contributed by atoms with E-state index in [0.29, 0.717) is 17.9 Å². The molecule has 2 saturated carbocycles. The lowest BCUT2D eigenvalue weighted by molar-refractivity contribution is -0.138. The highest BCUT2D eigenvalue weighted by molar-refractivity contribution is 5.79. The molecule has 0 aliphatic heterocycles. The van der Waals surface area contributed by atoms with Gasteiger partial charge in [0.2, 0.25) is 5.91 Å². The Morgan fingerprint density at radius 1 is 1.11 bits per heavy atom. The van der Waals surface area contributed by atoms with E-state index in [-0.39, 0.29) is 12.0 Å². The molecule has 0 bridgehead atoms. The third kappa shape index (κ3) is 3.25. The first-order chi connectivity index (χ1) is 8.58. The Labute approximate surface area is 111 Å². The number of amides is 1. The van der Waals surface area contributed by atoms with Crippen LogP contribution >= 0.6 is 0 Å². The molecule has 0 spiro atoms. The molecule has 0 aromatic heterocycles. The van der Waals surface area contributed by atoms with E-state index in [4.69, 9.17) is 5.73 Å². The monoisotopic (exact) mass is 252 g/mol. The predicted molar refractivity (Wildman–Crippen MR) is 74.1 cm³/mol. The van der Waals surface area contributed by atoms with Crippen molar-refractivity contribution in [1.29, 1.82) is 0 Å². The van der Waals surface area contributed by atoms with E-state index < -0.39 is 0 Å². The summed E-state index contributed by atoms with van der Waals surface area (Å²) >= 11 is 0. The highest BCUT2D eigenvalue weighted by Crippen LogP contribution is 2.31. The van der Waals surface area contributed by atoms with Crippen LogP contribution in [0.5, 0.6) is 0 Å². The van der Waals surface area contributed by atoms with Crippen LogP contribution in [0.15, 0.2) is 0 Å². The number of carbonyl (C=O) groups excluding carboxylic acids is 1. The molecule has 18 heavy (non-hydrogen) atoms. The van der Waals surface area contributed by atoms with Crippen molar-refractivity contribution in [3.63, 3.8) is 0 Å². The van der Waals surface area contributed by atoms with E-state index >= 15 is 0 Å². The van der Waals surface area contributed by atoms with Crippen molar-refractivity contribution < 1.29 is 4.79 Å². The second kappa shape index (κ2) is 6.05. The maximum Gasteiger partial charge on any atom is 0.225 e. The fourth-order valence-corrected chi connectivity index (χ4v) is 3.79. The smallest absolute Gasteiger partial charge is 0.225 e. The van der Waals surface area contributed by atoms with Gasteiger partial charge in [-0.1, -0.05) is 26.2 Å². The summed E-state index contributed by atoms with van der Waals surface area (Å²) in [5, 5.41) is 0. The van der Waals surface area contributed by atoms with Crippen LogP contribution < -0.4 is 5.73 Å². The molecule has 2 aliphatic carbocycles. The van der Waals surface area contributed by atoms with Gasteiger partial charge >= 0.3 is 0 Å². The lowest BCUT2D eigenvalue weighted by Gasteiger charge is -2.37. The summed E-state index contributed by atoms with van der Waals surface area (Å²) < 4.78 is 0. The van der Waals surface area contributed by atoms with Crippen LogP contribution in [0.4, 0.5) is 0 Å². The molecule has 0 radical (unpaired) electrons. The van der Waals surface area contributed by atoms with Crippen LogP contribution in [0.25, 0.3) is 0 Å². The van der Waals surface area contributed by atoms with Crippen molar-refractivity contribution in [3.05, 3.63) is 0 Å². The topological polar surface area (TPSA) is 46.3 Å². The molecular weight excluding hydrogens is 224 g/mol. The van der Waals surface area contributed by atoms with Gasteiger partial charge in [0.1, 0.15) is 0 Å². The SMILES string of the molecule is CC1CC(N)CC(C(=O)N(C)C2CCCCC2)C1. The Bertz CT molecular complexity index is 276. The Balaban J connectivity index is 1.92. The fourth-order valence-electron chi connectivity index (χ4n) is 3.79. The second-order valence-corrected chi connectivity index (χ2v) is 6.51. The highest BCUT2D eigenvalue weighted by atomic mass is 16.2. The Morgan fingerprint density at radius 3 is 2.39 bits per heavy atom. The lowest BCUT2D eigenvalue weighted by atomic mass is 9.79. The van der Waals surface area contributed by atoms with E-state index in [1.54, 1.807) is 0 Å². The summed E-state index contributed by atoms with van der Waals surface area (Å²) in [7, 11) is 2.00. The Hall–Kier alpha value is -0.570. The molecule has 1 amide bonds. The first-order valence-corrected chi connectivity index (χ1v) is 7.60. The molecule has 0 saturated heterocycles. The second-order valence-electron chi connectivity index (χ2n) is 6.51. The number of hydrogen-bond donors (Lipinski definition) is 1. The number of nitrogens with two attached hydrogens (primary N) is 1. The van der Waals surface area contributed by atoms with Crippen molar-refractivity contribution in [3.8, 4) is 0 Å². The van der Waals surface area contributed by atoms with Crippen LogP contribution in [-0.4, -0.2) is 29.9 Å². The van der Waals surface area contributed by atoms with Crippen molar-refractivity contribution in [2.75, 3.05) is 7.05 Å². The van der Waals surface area contributed by atoms with Gasteiger partial charge in [0.15, 0.2) is 0 Å². The molecule has 3 nitrogen and oxygen atoms in total. The number of hydrogen-bond acceptors (Lipinski definition) is 2. The van der Waals surface area contributed by atoms with Crippen molar-refractivity contribution in [1.82, 2.24) is 4.90 Å². The van der Waals surface area contributed by atoms with Gasteiger partial charge in [-0.05, 0) is 38.0 Å². The van der Waals surface area contributed by atoms with Gasteiger partial charge in [-0.25, -0.2) is 0 Å². The lowest BCUT2D eigenvalue weighted by Crippen LogP contribution is -2.45. The average molecular weight is 252 g/mol. The van der Waals surface area contributed by atoms with Crippen LogP contribution in [0.1, 0.15) is 58.3 Å². The molecule has 0 aromatic rings. The number of nitrogens with zero attached hydrogens (tertiary/aromatic N) is 1. The zero-order valence-electron chi connectivity index (χ0n) is 11.9. The predicted octanol–water partition coefficient (Wildman–Crippen LogP) is 2.54. The maximum absolute atomic E-state index is 12.6. The fraction of sp³-hybridized carbons (Fsp3) is 0.933. The summed E-state index contributed by atoms with van der Waals surface area (Å²) in [5.41, 5.74) is 6.06. The van der Waals surface area contributed by atoms with Crippen LogP contribution in [0, 0.1) is 11.8 Å². The summed E-state index contributed by atoms with van der Waals surface area (Å²) in [5.74, 6) is 1.13. The first kappa shape index (κ1) is 13.9. The molecule has 2 N–H and O–H groups in total. The highest BCUT2D eigenvalue weighted by Gasteiger charge is 2.33. The molecule has 0 heterocycles. The third-order valence-electron chi connectivity index (χ3n) is 4.80. The minimum atomic E-state index is 0.177. The van der Waals surface area contributed by atoms with E-state index in [1.165, 1.54) is 32.1 Å². The number of rotatable bonds is 2. The maximum atomic E-state index is 12.6. The summed E-state index contributed by atoms with van der Waals surface area (Å²) in [6, 6.07) is 0.710. The van der Waals surface area contributed by atoms with Crippen molar-refractivity contribution in [2.45, 2.75) is 70.4 Å². The molecule has 0 aromatic carbocycles. The quantitative estimate of drug-likeness (QED) is 0.821. The standard InChI is InChI=1S/C15H28N2O/c1-11-8-12(10-13(16)9-11)15(18)17(2)14-6-4-3-5-7-14/h11-14H,3-10,16H2,1-2H3. The van der Waals surface area contributed by atoms with Crippen molar-refractivity contribution in [2.24, 2.45) is 17.6 Å². The summed E-state index contributed by atoms with van der Waals surface area (Å²) in [4.78, 5) is 14.6. The normalized spacial score (nSPS) is 34.3. The van der Waals surface area contributed by atoms with Gasteiger partial charge in [0.25, 0.3) is 0 Å². The van der Waals surface area contributed by atoms with Gasteiger partial charge in [-0.2, -0.15) is 0 Å². The molecule has 3 heteroatoms. The molecule has 104 valence electrons. The Morgan fingerprint density at radius 2 is 1.78 bits per heavy atom. The summed E-state index contributed by atoms with van der Waals surface area (Å²) in [6.07, 6.45) is 9.28. The molecule has 2 fully saturated rings. The first-order valence-electron chi connectivity index (χ1n) is 7.60. The zero-order chi connectivity index (χ0) is 13.1. The molecule has 2 aliphatic rings. The van der Waals surface area contributed by atoms with Gasteiger partial charge < -0.3 is 10.6 Å². The van der Waals surface area contributed by atoms with Gasteiger partial charge in [-0.3, -0.25) is 4.79 Å². The number of carbonyl (C=O) groups is 1. The Kier molecular flexibility index (Phi) is 4.66. The van der Waals surface area contributed by atoms with Gasteiger partial charge in [0.05, 0.1) is 0 Å².